The van der Waals surface area contributed by atoms with Crippen molar-refractivity contribution in [2.24, 2.45) is 0 Å². The van der Waals surface area contributed by atoms with Gasteiger partial charge in [0, 0.05) is 12.1 Å². The number of aliphatic hydroxyl groups excluding tert-OH is 1. The summed E-state index contributed by atoms with van der Waals surface area (Å²) in [4.78, 5) is 9.71. The predicted octanol–water partition coefficient (Wildman–Crippen LogP) is 0.439. The van der Waals surface area contributed by atoms with E-state index in [4.69, 9.17) is 5.11 Å². The number of benzene rings is 1. The van der Waals surface area contributed by atoms with Crippen LogP contribution in [0.1, 0.15) is 5.56 Å². The summed E-state index contributed by atoms with van der Waals surface area (Å²) in [6, 6.07) is 5.91. The third-order valence-electron chi connectivity index (χ3n) is 1.30. The number of non-ortho nitro benzene ring substituents is 1. The van der Waals surface area contributed by atoms with E-state index in [1.54, 1.807) is 12.1 Å². The van der Waals surface area contributed by atoms with E-state index in [-0.39, 0.29) is 41.9 Å². The summed E-state index contributed by atoms with van der Waals surface area (Å²) < 4.78 is 0. The number of hydrogen-bond donors (Lipinski definition) is 1. The van der Waals surface area contributed by atoms with E-state index in [9.17, 15) is 10.1 Å². The van der Waals surface area contributed by atoms with Gasteiger partial charge in [-0.15, -0.1) is 0 Å². The Morgan fingerprint density at radius 3 is 2.67 bits per heavy atom. The average molecular weight is 177 g/mol. The molecule has 0 saturated carbocycles. The molecule has 0 bridgehead atoms. The van der Waals surface area contributed by atoms with Crippen LogP contribution in [0.25, 0.3) is 0 Å². The molecule has 1 N–H and O–H groups in total. The van der Waals surface area contributed by atoms with E-state index in [0.717, 1.165) is 0 Å². The van der Waals surface area contributed by atoms with E-state index in [1.165, 1.54) is 12.1 Å². The second kappa shape index (κ2) is 5.27. The molecule has 0 amide bonds. The molecule has 4 nitrogen and oxygen atoms in total. The van der Waals surface area contributed by atoms with Crippen LogP contribution in [-0.4, -0.2) is 39.6 Å². The van der Waals surface area contributed by atoms with Crippen LogP contribution in [0.2, 0.25) is 0 Å². The van der Waals surface area contributed by atoms with Crippen molar-refractivity contribution in [2.45, 2.75) is 6.61 Å². The maximum absolute atomic E-state index is 10.2. The summed E-state index contributed by atoms with van der Waals surface area (Å²) in [7, 11) is 0. The van der Waals surface area contributed by atoms with Gasteiger partial charge in [0.15, 0.2) is 0 Å². The van der Waals surface area contributed by atoms with E-state index >= 15 is 0 Å². The number of hydrogen-bond acceptors (Lipinski definition) is 3. The quantitative estimate of drug-likeness (QED) is 0.405. The first kappa shape index (κ1) is 11.6. The number of rotatable bonds is 2. The molecule has 12 heavy (non-hydrogen) atoms. The van der Waals surface area contributed by atoms with Crippen LogP contribution in [0, 0.1) is 10.1 Å². The fraction of sp³-hybridized carbons (Fsp3) is 0.143. The Bertz CT molecular complexity index is 277. The van der Waals surface area contributed by atoms with Gasteiger partial charge < -0.3 is 5.11 Å². The number of nitro groups is 1. The summed E-state index contributed by atoms with van der Waals surface area (Å²) in [6.07, 6.45) is 0. The molecular weight excluding hydrogens is 169 g/mol. The Hall–Kier alpha value is -0.420. The molecule has 0 spiro atoms. The van der Waals surface area contributed by atoms with Crippen molar-refractivity contribution in [2.75, 3.05) is 0 Å². The molecule has 1 aromatic carbocycles. The number of nitrogens with zero attached hydrogens (tertiary/aromatic N) is 1. The van der Waals surface area contributed by atoms with Crippen LogP contribution in [0.15, 0.2) is 24.3 Å². The normalized spacial score (nSPS) is 8.75. The molecule has 1 rings (SSSR count). The van der Waals surface area contributed by atoms with Crippen molar-refractivity contribution < 1.29 is 10.0 Å². The zero-order valence-corrected chi connectivity index (χ0v) is 5.73. The molecule has 1 aromatic rings. The molecule has 0 aliphatic heterocycles. The Balaban J connectivity index is 0.00000121. The van der Waals surface area contributed by atoms with Gasteiger partial charge >= 0.3 is 29.6 Å². The Labute approximate surface area is 91.7 Å². The van der Waals surface area contributed by atoms with Gasteiger partial charge in [-0.25, -0.2) is 0 Å². The first-order chi connectivity index (χ1) is 5.24. The molecular formula is C7H8NNaO3. The van der Waals surface area contributed by atoms with E-state index < -0.39 is 4.92 Å². The molecule has 0 saturated heterocycles. The molecule has 0 fully saturated rings. The van der Waals surface area contributed by atoms with Crippen LogP contribution in [0.3, 0.4) is 0 Å². The number of nitro benzene ring substituents is 1. The summed E-state index contributed by atoms with van der Waals surface area (Å²) in [5.74, 6) is 0. The summed E-state index contributed by atoms with van der Waals surface area (Å²) in [6.45, 7) is -0.165. The monoisotopic (exact) mass is 177 g/mol. The Morgan fingerprint density at radius 1 is 1.50 bits per heavy atom. The van der Waals surface area contributed by atoms with Gasteiger partial charge in [-0.1, -0.05) is 12.1 Å². The summed E-state index contributed by atoms with van der Waals surface area (Å²) >= 11 is 0. The van der Waals surface area contributed by atoms with Gasteiger partial charge in [-0.2, -0.15) is 0 Å². The molecule has 0 aliphatic carbocycles. The van der Waals surface area contributed by atoms with Gasteiger partial charge in [0.25, 0.3) is 5.69 Å². The fourth-order valence-electron chi connectivity index (χ4n) is 0.768. The maximum atomic E-state index is 10.2. The van der Waals surface area contributed by atoms with Crippen molar-refractivity contribution in [1.29, 1.82) is 0 Å². The van der Waals surface area contributed by atoms with Crippen LogP contribution in [0.4, 0.5) is 5.69 Å². The van der Waals surface area contributed by atoms with Crippen LogP contribution in [0.5, 0.6) is 0 Å². The van der Waals surface area contributed by atoms with Gasteiger partial charge in [0.1, 0.15) is 0 Å². The van der Waals surface area contributed by atoms with Gasteiger partial charge in [0.05, 0.1) is 11.5 Å². The minimum atomic E-state index is -0.487. The van der Waals surface area contributed by atoms with Crippen molar-refractivity contribution >= 4 is 35.2 Å². The topological polar surface area (TPSA) is 63.4 Å². The minimum absolute atomic E-state index is 0. The summed E-state index contributed by atoms with van der Waals surface area (Å²) in [5, 5.41) is 18.8. The van der Waals surface area contributed by atoms with Crippen LogP contribution in [-0.2, 0) is 6.61 Å². The van der Waals surface area contributed by atoms with Gasteiger partial charge in [0.2, 0.25) is 0 Å². The standard InChI is InChI=1S/C7H7NO3.Na.H/c9-5-6-2-1-3-7(4-6)8(10)11;;/h1-4,9H,5H2;;. The second-order valence-corrected chi connectivity index (χ2v) is 2.09. The Morgan fingerprint density at radius 2 is 2.17 bits per heavy atom. The number of aliphatic hydroxyl groups is 1. The summed E-state index contributed by atoms with van der Waals surface area (Å²) in [5.41, 5.74) is 0.566. The third kappa shape index (κ3) is 2.91. The molecule has 0 aromatic heterocycles. The fourth-order valence-corrected chi connectivity index (χ4v) is 0.768. The molecule has 0 unspecified atom stereocenters. The first-order valence-electron chi connectivity index (χ1n) is 3.08. The van der Waals surface area contributed by atoms with Gasteiger partial charge in [-0.3, -0.25) is 10.1 Å². The molecule has 5 heteroatoms. The van der Waals surface area contributed by atoms with Crippen molar-refractivity contribution in [3.05, 3.63) is 39.9 Å². The van der Waals surface area contributed by atoms with Crippen molar-refractivity contribution in [1.82, 2.24) is 0 Å². The zero-order chi connectivity index (χ0) is 8.27. The SMILES string of the molecule is O=[N+]([O-])c1cccc(CO)c1.[NaH]. The second-order valence-electron chi connectivity index (χ2n) is 2.09. The first-order valence-corrected chi connectivity index (χ1v) is 3.08. The predicted molar refractivity (Wildman–Crippen MR) is 46.2 cm³/mol. The van der Waals surface area contributed by atoms with Crippen molar-refractivity contribution in [3.8, 4) is 0 Å². The molecule has 0 aliphatic rings. The molecule has 0 atom stereocenters. The van der Waals surface area contributed by atoms with Crippen LogP contribution >= 0.6 is 0 Å². The third-order valence-corrected chi connectivity index (χ3v) is 1.30. The van der Waals surface area contributed by atoms with E-state index in [0.29, 0.717) is 5.56 Å². The molecule has 0 heterocycles. The van der Waals surface area contributed by atoms with Crippen LogP contribution < -0.4 is 0 Å². The van der Waals surface area contributed by atoms with E-state index in [2.05, 4.69) is 0 Å². The van der Waals surface area contributed by atoms with Crippen molar-refractivity contribution in [3.63, 3.8) is 0 Å². The Kier molecular flexibility index (Phi) is 5.08. The average Bonchev–Trinajstić information content (AvgIpc) is 2.05. The molecule has 0 radical (unpaired) electrons. The van der Waals surface area contributed by atoms with Gasteiger partial charge in [-0.05, 0) is 5.56 Å². The molecule has 60 valence electrons. The zero-order valence-electron chi connectivity index (χ0n) is 5.73. The van der Waals surface area contributed by atoms with E-state index in [1.807, 2.05) is 0 Å².